The Hall–Kier alpha value is -1.98. The summed E-state index contributed by atoms with van der Waals surface area (Å²) in [6.07, 6.45) is 18.7. The van der Waals surface area contributed by atoms with Crippen LogP contribution in [0.2, 0.25) is 0 Å². The number of hydrogen-bond acceptors (Lipinski definition) is 5. The summed E-state index contributed by atoms with van der Waals surface area (Å²) in [5.41, 5.74) is 3.88. The lowest BCUT2D eigenvalue weighted by Gasteiger charge is -2.38. The highest BCUT2D eigenvalue weighted by Crippen LogP contribution is 2.53. The molecule has 1 saturated heterocycles. The maximum Gasteiger partial charge on any atom is 0.185 e. The Bertz CT molecular complexity index is 890. The molecule has 2 aliphatic heterocycles. The van der Waals surface area contributed by atoms with E-state index in [-0.39, 0.29) is 18.1 Å². The Balaban J connectivity index is 1.41. The molecular weight excluding hydrogens is 368 g/mol. The van der Waals surface area contributed by atoms with E-state index in [1.165, 1.54) is 21.8 Å². The first-order valence-electron chi connectivity index (χ1n) is 10.2. The summed E-state index contributed by atoms with van der Waals surface area (Å²) in [5.74, 6) is 1.50. The SMILES string of the molecule is COC1CC(C2=CC=C3SC4=C(CCC=C4)C3C2)NC(=C2CCC=CC2=O)N1. The number of fused-ring (bicyclic) bond motifs is 2. The predicted molar refractivity (Wildman–Crippen MR) is 113 cm³/mol. The third kappa shape index (κ3) is 3.20. The maximum atomic E-state index is 12.4. The number of nitrogens with one attached hydrogen (secondary N) is 2. The third-order valence-electron chi connectivity index (χ3n) is 6.29. The Labute approximate surface area is 170 Å². The second-order valence-electron chi connectivity index (χ2n) is 7.96. The van der Waals surface area contributed by atoms with Crippen LogP contribution in [-0.2, 0) is 9.53 Å². The third-order valence-corrected chi connectivity index (χ3v) is 7.57. The topological polar surface area (TPSA) is 50.4 Å². The van der Waals surface area contributed by atoms with Crippen LogP contribution in [0.4, 0.5) is 0 Å². The summed E-state index contributed by atoms with van der Waals surface area (Å²) in [6, 6.07) is 0.194. The number of thioether (sulfide) groups is 1. The van der Waals surface area contributed by atoms with E-state index >= 15 is 0 Å². The van der Waals surface area contributed by atoms with Crippen molar-refractivity contribution in [2.75, 3.05) is 7.11 Å². The van der Waals surface area contributed by atoms with Gasteiger partial charge in [0.1, 0.15) is 12.0 Å². The van der Waals surface area contributed by atoms with Gasteiger partial charge in [0.2, 0.25) is 0 Å². The summed E-state index contributed by atoms with van der Waals surface area (Å²) in [6.45, 7) is 0. The predicted octanol–water partition coefficient (Wildman–Crippen LogP) is 4.22. The van der Waals surface area contributed by atoms with E-state index in [0.717, 1.165) is 43.5 Å². The molecule has 0 saturated carbocycles. The van der Waals surface area contributed by atoms with E-state index in [1.54, 1.807) is 18.8 Å². The van der Waals surface area contributed by atoms with E-state index < -0.39 is 0 Å². The van der Waals surface area contributed by atoms with Gasteiger partial charge in [-0.3, -0.25) is 4.79 Å². The average molecular weight is 395 g/mol. The molecule has 5 aliphatic rings. The van der Waals surface area contributed by atoms with Crippen LogP contribution in [0, 0.1) is 5.92 Å². The zero-order valence-corrected chi connectivity index (χ0v) is 17.0. The molecule has 0 aromatic heterocycles. The lowest BCUT2D eigenvalue weighted by Crippen LogP contribution is -2.51. The van der Waals surface area contributed by atoms with Crippen LogP contribution >= 0.6 is 11.8 Å². The standard InChI is InChI=1S/C23H26N2O2S/c1-27-22-13-18(24-23(25-22)16-7-2-4-8-19(16)26)14-10-11-21-17(12-14)15-6-3-5-9-20(15)28-21/h4-5,8-11,17-18,22,24-25H,2-3,6-7,12-13H2,1H3. The number of ether oxygens (including phenoxy) is 1. The number of carbonyl (C=O) groups excluding carboxylic acids is 1. The van der Waals surface area contributed by atoms with Gasteiger partial charge in [0.05, 0.1) is 6.04 Å². The summed E-state index contributed by atoms with van der Waals surface area (Å²) in [7, 11) is 1.73. The molecule has 2 N–H and O–H groups in total. The molecule has 5 heteroatoms. The highest BCUT2D eigenvalue weighted by Gasteiger charge is 2.36. The van der Waals surface area contributed by atoms with Crippen molar-refractivity contribution in [3.8, 4) is 0 Å². The lowest BCUT2D eigenvalue weighted by atomic mass is 9.81. The van der Waals surface area contributed by atoms with Gasteiger partial charge < -0.3 is 15.4 Å². The van der Waals surface area contributed by atoms with E-state index in [2.05, 4.69) is 34.9 Å². The fourth-order valence-corrected chi connectivity index (χ4v) is 6.07. The Morgan fingerprint density at radius 3 is 2.82 bits per heavy atom. The van der Waals surface area contributed by atoms with Crippen molar-refractivity contribution in [3.63, 3.8) is 0 Å². The molecule has 0 aromatic carbocycles. The van der Waals surface area contributed by atoms with Crippen molar-refractivity contribution < 1.29 is 9.53 Å². The minimum absolute atomic E-state index is 0.0796. The van der Waals surface area contributed by atoms with Gasteiger partial charge in [0.15, 0.2) is 5.78 Å². The molecule has 0 amide bonds. The first-order valence-corrected chi connectivity index (χ1v) is 11.0. The Morgan fingerprint density at radius 1 is 1.11 bits per heavy atom. The zero-order valence-electron chi connectivity index (χ0n) is 16.2. The van der Waals surface area contributed by atoms with Crippen molar-refractivity contribution in [1.82, 2.24) is 10.6 Å². The molecule has 4 nitrogen and oxygen atoms in total. The highest BCUT2D eigenvalue weighted by molar-refractivity contribution is 8.07. The van der Waals surface area contributed by atoms with Crippen molar-refractivity contribution in [2.24, 2.45) is 5.92 Å². The highest BCUT2D eigenvalue weighted by atomic mass is 32.2. The molecular formula is C23H26N2O2S. The monoisotopic (exact) mass is 394 g/mol. The van der Waals surface area contributed by atoms with Crippen LogP contribution in [0.1, 0.15) is 38.5 Å². The van der Waals surface area contributed by atoms with Crippen molar-refractivity contribution in [2.45, 2.75) is 50.8 Å². The number of ketones is 1. The Kier molecular flexibility index (Phi) is 4.81. The molecule has 0 radical (unpaired) electrons. The molecule has 28 heavy (non-hydrogen) atoms. The first-order chi connectivity index (χ1) is 13.7. The fraction of sp³-hybridized carbons (Fsp3) is 0.435. The molecule has 5 rings (SSSR count). The summed E-state index contributed by atoms with van der Waals surface area (Å²) < 4.78 is 5.66. The van der Waals surface area contributed by atoms with Crippen LogP contribution in [0.3, 0.4) is 0 Å². The quantitative estimate of drug-likeness (QED) is 0.687. The van der Waals surface area contributed by atoms with Gasteiger partial charge in [-0.2, -0.15) is 0 Å². The smallest absolute Gasteiger partial charge is 0.185 e. The molecule has 0 aromatic rings. The van der Waals surface area contributed by atoms with E-state index in [1.807, 2.05) is 17.8 Å². The van der Waals surface area contributed by atoms with E-state index in [0.29, 0.717) is 5.92 Å². The van der Waals surface area contributed by atoms with Crippen LogP contribution in [0.25, 0.3) is 0 Å². The summed E-state index contributed by atoms with van der Waals surface area (Å²) in [5, 5.41) is 7.03. The molecule has 0 bridgehead atoms. The number of allylic oxidation sites excluding steroid dienone is 9. The zero-order chi connectivity index (χ0) is 19.1. The van der Waals surface area contributed by atoms with Gasteiger partial charge in [-0.05, 0) is 54.2 Å². The second kappa shape index (κ2) is 7.45. The van der Waals surface area contributed by atoms with Crippen LogP contribution in [0.5, 0.6) is 0 Å². The lowest BCUT2D eigenvalue weighted by molar-refractivity contribution is -0.111. The fourth-order valence-electron chi connectivity index (χ4n) is 4.77. The minimum atomic E-state index is -0.0796. The minimum Gasteiger partial charge on any atom is -0.365 e. The van der Waals surface area contributed by atoms with Crippen LogP contribution in [-0.4, -0.2) is 25.2 Å². The van der Waals surface area contributed by atoms with Crippen molar-refractivity contribution in [3.05, 3.63) is 68.8 Å². The first kappa shape index (κ1) is 18.1. The van der Waals surface area contributed by atoms with Gasteiger partial charge in [-0.15, -0.1) is 0 Å². The normalized spacial score (nSPS) is 34.3. The summed E-state index contributed by atoms with van der Waals surface area (Å²) in [4.78, 5) is 15.3. The van der Waals surface area contributed by atoms with Crippen molar-refractivity contribution in [1.29, 1.82) is 0 Å². The number of methoxy groups -OCH3 is 1. The number of carbonyl (C=O) groups is 1. The van der Waals surface area contributed by atoms with E-state index in [4.69, 9.17) is 4.74 Å². The van der Waals surface area contributed by atoms with Gasteiger partial charge >= 0.3 is 0 Å². The van der Waals surface area contributed by atoms with Gasteiger partial charge in [-0.1, -0.05) is 42.1 Å². The van der Waals surface area contributed by atoms with E-state index in [9.17, 15) is 4.79 Å². The number of hydrogen-bond donors (Lipinski definition) is 2. The van der Waals surface area contributed by atoms with Gasteiger partial charge in [-0.25, -0.2) is 0 Å². The van der Waals surface area contributed by atoms with Crippen LogP contribution < -0.4 is 10.6 Å². The molecule has 0 spiro atoms. The van der Waals surface area contributed by atoms with Gasteiger partial charge in [0.25, 0.3) is 0 Å². The molecule has 3 unspecified atom stereocenters. The summed E-state index contributed by atoms with van der Waals surface area (Å²) >= 11 is 1.95. The molecule has 3 aliphatic carbocycles. The Morgan fingerprint density at radius 2 is 1.96 bits per heavy atom. The maximum absolute atomic E-state index is 12.4. The average Bonchev–Trinajstić information content (AvgIpc) is 3.11. The molecule has 3 atom stereocenters. The molecule has 146 valence electrons. The van der Waals surface area contributed by atoms with Gasteiger partial charge in [0, 0.05) is 29.9 Å². The second-order valence-corrected chi connectivity index (χ2v) is 9.08. The largest absolute Gasteiger partial charge is 0.365 e. The molecule has 2 heterocycles. The molecule has 1 fully saturated rings. The number of rotatable bonds is 2. The van der Waals surface area contributed by atoms with Crippen LogP contribution in [0.15, 0.2) is 68.8 Å². The van der Waals surface area contributed by atoms with Crippen molar-refractivity contribution >= 4 is 17.5 Å².